The first-order chi connectivity index (χ1) is 8.72. The lowest BCUT2D eigenvalue weighted by molar-refractivity contribution is 0.0940. The van der Waals surface area contributed by atoms with E-state index in [9.17, 15) is 4.79 Å². The Balaban J connectivity index is 2.80. The van der Waals surface area contributed by atoms with E-state index in [0.717, 1.165) is 6.42 Å². The second kappa shape index (κ2) is 7.33. The zero-order valence-corrected chi connectivity index (χ0v) is 10.8. The summed E-state index contributed by atoms with van der Waals surface area (Å²) in [6.45, 7) is 4.34. The average Bonchev–Trinajstić information content (AvgIpc) is 2.39. The van der Waals surface area contributed by atoms with Gasteiger partial charge in [0, 0.05) is 0 Å². The van der Waals surface area contributed by atoms with Gasteiger partial charge in [0.1, 0.15) is 11.8 Å². The minimum atomic E-state index is -0.447. The third kappa shape index (κ3) is 3.77. The van der Waals surface area contributed by atoms with Crippen molar-refractivity contribution in [1.29, 1.82) is 5.26 Å². The second-order valence-corrected chi connectivity index (χ2v) is 3.87. The van der Waals surface area contributed by atoms with Crippen LogP contribution in [0, 0.1) is 11.3 Å². The molecule has 0 heterocycles. The van der Waals surface area contributed by atoms with Gasteiger partial charge in [0.15, 0.2) is 0 Å². The Morgan fingerprint density at radius 2 is 2.17 bits per heavy atom. The van der Waals surface area contributed by atoms with E-state index in [1.807, 2.05) is 19.9 Å². The first kappa shape index (κ1) is 14.0. The van der Waals surface area contributed by atoms with Gasteiger partial charge in [-0.2, -0.15) is 5.26 Å². The van der Waals surface area contributed by atoms with E-state index in [0.29, 0.717) is 24.3 Å². The van der Waals surface area contributed by atoms with Crippen molar-refractivity contribution in [2.24, 2.45) is 0 Å². The minimum absolute atomic E-state index is 0.265. The standard InChI is InChI=1S/C14H18N2O2/c1-3-7-11(10-15)16-14(17)12-8-5-6-9-13(12)18-4-2/h5-6,8-9,11H,3-4,7H2,1-2H3,(H,16,17). The van der Waals surface area contributed by atoms with Gasteiger partial charge in [-0.25, -0.2) is 0 Å². The van der Waals surface area contributed by atoms with Crippen LogP contribution in [0.3, 0.4) is 0 Å². The Morgan fingerprint density at radius 3 is 2.78 bits per heavy atom. The van der Waals surface area contributed by atoms with Crippen LogP contribution in [0.2, 0.25) is 0 Å². The average molecular weight is 246 g/mol. The molecule has 1 aromatic rings. The van der Waals surface area contributed by atoms with Crippen molar-refractivity contribution >= 4 is 5.91 Å². The van der Waals surface area contributed by atoms with Crippen molar-refractivity contribution < 1.29 is 9.53 Å². The molecule has 4 heteroatoms. The van der Waals surface area contributed by atoms with Crippen LogP contribution in [0.15, 0.2) is 24.3 Å². The molecule has 1 unspecified atom stereocenters. The fourth-order valence-corrected chi connectivity index (χ4v) is 1.63. The number of nitrogens with one attached hydrogen (secondary N) is 1. The van der Waals surface area contributed by atoms with Crippen molar-refractivity contribution in [1.82, 2.24) is 5.32 Å². The van der Waals surface area contributed by atoms with E-state index in [-0.39, 0.29) is 5.91 Å². The molecule has 1 N–H and O–H groups in total. The molecule has 0 saturated carbocycles. The maximum atomic E-state index is 12.0. The highest BCUT2D eigenvalue weighted by atomic mass is 16.5. The predicted molar refractivity (Wildman–Crippen MR) is 69.4 cm³/mol. The fraction of sp³-hybridized carbons (Fsp3) is 0.429. The van der Waals surface area contributed by atoms with Crippen LogP contribution in [-0.2, 0) is 0 Å². The zero-order chi connectivity index (χ0) is 13.4. The summed E-state index contributed by atoms with van der Waals surface area (Å²) in [4.78, 5) is 12.0. The Morgan fingerprint density at radius 1 is 1.44 bits per heavy atom. The number of amides is 1. The highest BCUT2D eigenvalue weighted by Gasteiger charge is 2.15. The topological polar surface area (TPSA) is 62.1 Å². The molecule has 0 aliphatic rings. The van der Waals surface area contributed by atoms with Gasteiger partial charge in [0.25, 0.3) is 5.91 Å². The number of nitriles is 1. The van der Waals surface area contributed by atoms with Gasteiger partial charge in [-0.05, 0) is 25.5 Å². The summed E-state index contributed by atoms with van der Waals surface area (Å²) in [5.74, 6) is 0.282. The molecule has 1 amide bonds. The molecular weight excluding hydrogens is 228 g/mol. The van der Waals surface area contributed by atoms with E-state index < -0.39 is 6.04 Å². The molecule has 0 spiro atoms. The van der Waals surface area contributed by atoms with Crippen molar-refractivity contribution in [2.75, 3.05) is 6.61 Å². The SMILES string of the molecule is CCCC(C#N)NC(=O)c1ccccc1OCC. The molecule has 0 aliphatic carbocycles. The number of carbonyl (C=O) groups excluding carboxylic acids is 1. The van der Waals surface area contributed by atoms with Crippen LogP contribution in [0.5, 0.6) is 5.75 Å². The Labute approximate surface area is 108 Å². The molecule has 1 atom stereocenters. The first-order valence-electron chi connectivity index (χ1n) is 6.15. The molecule has 0 fully saturated rings. The van der Waals surface area contributed by atoms with Crippen LogP contribution in [0.25, 0.3) is 0 Å². The molecule has 1 aromatic carbocycles. The van der Waals surface area contributed by atoms with Crippen molar-refractivity contribution in [3.8, 4) is 11.8 Å². The fourth-order valence-electron chi connectivity index (χ4n) is 1.63. The number of para-hydroxylation sites is 1. The molecule has 0 aliphatic heterocycles. The van der Waals surface area contributed by atoms with Crippen LogP contribution in [0.4, 0.5) is 0 Å². The van der Waals surface area contributed by atoms with Crippen LogP contribution < -0.4 is 10.1 Å². The highest BCUT2D eigenvalue weighted by molar-refractivity contribution is 5.97. The molecule has 96 valence electrons. The number of nitrogens with zero attached hydrogens (tertiary/aromatic N) is 1. The maximum Gasteiger partial charge on any atom is 0.256 e. The van der Waals surface area contributed by atoms with Crippen molar-refractivity contribution in [3.63, 3.8) is 0 Å². The van der Waals surface area contributed by atoms with Crippen LogP contribution in [-0.4, -0.2) is 18.6 Å². The lowest BCUT2D eigenvalue weighted by Crippen LogP contribution is -2.33. The van der Waals surface area contributed by atoms with Crippen molar-refractivity contribution in [3.05, 3.63) is 29.8 Å². The number of hydrogen-bond donors (Lipinski definition) is 1. The molecule has 0 saturated heterocycles. The third-order valence-corrected chi connectivity index (χ3v) is 2.47. The van der Waals surface area contributed by atoms with E-state index in [2.05, 4.69) is 11.4 Å². The molecule has 4 nitrogen and oxygen atoms in total. The first-order valence-corrected chi connectivity index (χ1v) is 6.15. The molecule has 0 aromatic heterocycles. The number of benzene rings is 1. The summed E-state index contributed by atoms with van der Waals surface area (Å²) < 4.78 is 5.39. The lowest BCUT2D eigenvalue weighted by atomic mass is 10.1. The normalized spacial score (nSPS) is 11.4. The quantitative estimate of drug-likeness (QED) is 0.838. The molecular formula is C14H18N2O2. The van der Waals surface area contributed by atoms with Crippen LogP contribution in [0.1, 0.15) is 37.0 Å². The van der Waals surface area contributed by atoms with E-state index >= 15 is 0 Å². The summed E-state index contributed by atoms with van der Waals surface area (Å²) in [5, 5.41) is 11.6. The number of rotatable bonds is 6. The number of hydrogen-bond acceptors (Lipinski definition) is 3. The van der Waals surface area contributed by atoms with Gasteiger partial charge in [-0.3, -0.25) is 4.79 Å². The third-order valence-electron chi connectivity index (χ3n) is 2.47. The Bertz CT molecular complexity index is 438. The van der Waals surface area contributed by atoms with Gasteiger partial charge in [-0.1, -0.05) is 25.5 Å². The molecule has 0 bridgehead atoms. The number of ether oxygens (including phenoxy) is 1. The summed E-state index contributed by atoms with van der Waals surface area (Å²) in [6, 6.07) is 8.67. The minimum Gasteiger partial charge on any atom is -0.493 e. The van der Waals surface area contributed by atoms with Gasteiger partial charge >= 0.3 is 0 Å². The summed E-state index contributed by atoms with van der Waals surface area (Å²) in [7, 11) is 0. The Kier molecular flexibility index (Phi) is 5.72. The van der Waals surface area contributed by atoms with Crippen molar-refractivity contribution in [2.45, 2.75) is 32.7 Å². The second-order valence-electron chi connectivity index (χ2n) is 3.87. The summed E-state index contributed by atoms with van der Waals surface area (Å²) in [6.07, 6.45) is 1.50. The van der Waals surface area contributed by atoms with Crippen LogP contribution >= 0.6 is 0 Å². The Hall–Kier alpha value is -2.02. The predicted octanol–water partition coefficient (Wildman–Crippen LogP) is 2.51. The largest absolute Gasteiger partial charge is 0.493 e. The molecule has 0 radical (unpaired) electrons. The van der Waals surface area contributed by atoms with Gasteiger partial charge in [-0.15, -0.1) is 0 Å². The van der Waals surface area contributed by atoms with E-state index in [1.54, 1.807) is 18.2 Å². The summed E-state index contributed by atoms with van der Waals surface area (Å²) >= 11 is 0. The van der Waals surface area contributed by atoms with Gasteiger partial charge in [0.05, 0.1) is 18.2 Å². The number of carbonyl (C=O) groups is 1. The molecule has 1 rings (SSSR count). The molecule has 18 heavy (non-hydrogen) atoms. The van der Waals surface area contributed by atoms with Gasteiger partial charge in [0.2, 0.25) is 0 Å². The highest BCUT2D eigenvalue weighted by Crippen LogP contribution is 2.18. The smallest absolute Gasteiger partial charge is 0.256 e. The van der Waals surface area contributed by atoms with Gasteiger partial charge < -0.3 is 10.1 Å². The van der Waals surface area contributed by atoms with E-state index in [4.69, 9.17) is 10.00 Å². The maximum absolute atomic E-state index is 12.0. The lowest BCUT2D eigenvalue weighted by Gasteiger charge is -2.13. The summed E-state index contributed by atoms with van der Waals surface area (Å²) in [5.41, 5.74) is 0.468. The monoisotopic (exact) mass is 246 g/mol. The van der Waals surface area contributed by atoms with E-state index in [1.165, 1.54) is 0 Å². The zero-order valence-electron chi connectivity index (χ0n) is 10.8.